The van der Waals surface area contributed by atoms with E-state index < -0.39 is 42.0 Å². The van der Waals surface area contributed by atoms with E-state index in [2.05, 4.69) is 0 Å². The molecule has 4 nitrogen and oxygen atoms in total. The summed E-state index contributed by atoms with van der Waals surface area (Å²) in [4.78, 5) is 1.44. The second kappa shape index (κ2) is 10.6. The molecule has 1 fully saturated rings. The van der Waals surface area contributed by atoms with Crippen LogP contribution < -0.4 is 5.73 Å². The van der Waals surface area contributed by atoms with Crippen molar-refractivity contribution in [3.05, 3.63) is 87.4 Å². The first-order valence-corrected chi connectivity index (χ1v) is 12.5. The van der Waals surface area contributed by atoms with Crippen LogP contribution in [0.3, 0.4) is 0 Å². The molecule has 0 bridgehead atoms. The number of aliphatic hydroxyl groups is 1. The Morgan fingerprint density at radius 2 is 1.54 bits per heavy atom. The largest absolute Gasteiger partial charge is 0.416 e. The highest BCUT2D eigenvalue weighted by atomic mass is 35.5. The molecule has 3 N–H and O–H groups in total. The van der Waals surface area contributed by atoms with Gasteiger partial charge in [-0.1, -0.05) is 37.6 Å². The molecule has 1 aliphatic rings. The molecule has 0 saturated carbocycles. The Balaban J connectivity index is 1.71. The topological polar surface area (TPSA) is 58.7 Å². The Kier molecular flexibility index (Phi) is 7.97. The van der Waals surface area contributed by atoms with Crippen LogP contribution in [-0.4, -0.2) is 22.5 Å². The average molecular weight is 573 g/mol. The lowest BCUT2D eigenvalue weighted by molar-refractivity contribution is -0.154. The molecule has 3 aromatic carbocycles. The number of hydrogen-bond donors (Lipinski definition) is 2. The predicted octanol–water partition coefficient (Wildman–Crippen LogP) is 7.99. The Labute approximate surface area is 226 Å². The summed E-state index contributed by atoms with van der Waals surface area (Å²) >= 11 is 6.52. The quantitative estimate of drug-likeness (QED) is 0.240. The summed E-state index contributed by atoms with van der Waals surface area (Å²) < 4.78 is 86.1. The second-order valence-corrected chi connectivity index (χ2v) is 10.4. The van der Waals surface area contributed by atoms with Crippen molar-refractivity contribution in [2.45, 2.75) is 64.1 Å². The zero-order valence-corrected chi connectivity index (χ0v) is 22.0. The highest BCUT2D eigenvalue weighted by Gasteiger charge is 2.43. The molecule has 11 heteroatoms. The van der Waals surface area contributed by atoms with Gasteiger partial charge in [-0.3, -0.25) is 0 Å². The van der Waals surface area contributed by atoms with Gasteiger partial charge in [-0.15, -0.1) is 0 Å². The summed E-state index contributed by atoms with van der Waals surface area (Å²) in [6, 6.07) is 11.3. The molecule has 3 aromatic rings. The van der Waals surface area contributed by atoms with Gasteiger partial charge in [-0.2, -0.15) is 26.3 Å². The first-order chi connectivity index (χ1) is 18.1. The molecule has 1 saturated heterocycles. The zero-order valence-electron chi connectivity index (χ0n) is 21.2. The van der Waals surface area contributed by atoms with Gasteiger partial charge < -0.3 is 15.6 Å². The van der Waals surface area contributed by atoms with Gasteiger partial charge in [-0.25, -0.2) is 4.90 Å². The van der Waals surface area contributed by atoms with Crippen molar-refractivity contribution in [3.8, 4) is 11.1 Å². The van der Waals surface area contributed by atoms with Crippen LogP contribution in [0.1, 0.15) is 60.6 Å². The molecule has 0 amide bonds. The van der Waals surface area contributed by atoms with E-state index in [9.17, 15) is 31.4 Å². The third-order valence-electron chi connectivity index (χ3n) is 6.88. The van der Waals surface area contributed by atoms with E-state index in [1.54, 1.807) is 31.2 Å². The molecule has 1 aliphatic heterocycles. The number of nitrogens with zero attached hydrogens (tertiary/aromatic N) is 1. The first-order valence-electron chi connectivity index (χ1n) is 12.1. The van der Waals surface area contributed by atoms with Crippen LogP contribution in [0.4, 0.5) is 32.0 Å². The molecular formula is C28H27ClF6N2O2. The van der Waals surface area contributed by atoms with Gasteiger partial charge in [0.05, 0.1) is 11.1 Å². The molecule has 1 heterocycles. The third-order valence-corrected chi connectivity index (χ3v) is 7.21. The van der Waals surface area contributed by atoms with Gasteiger partial charge in [0.15, 0.2) is 0 Å². The molecule has 4 rings (SSSR count). The van der Waals surface area contributed by atoms with Gasteiger partial charge in [0.2, 0.25) is 6.41 Å². The fourth-order valence-corrected chi connectivity index (χ4v) is 4.95. The van der Waals surface area contributed by atoms with Crippen molar-refractivity contribution < 1.29 is 36.2 Å². The third kappa shape index (κ3) is 6.19. The monoisotopic (exact) mass is 572 g/mol. The molecule has 39 heavy (non-hydrogen) atoms. The number of ether oxygens (including phenoxy) is 1. The average Bonchev–Trinajstić information content (AvgIpc) is 3.11. The summed E-state index contributed by atoms with van der Waals surface area (Å²) in [6.45, 7) is 5.67. The fraction of sp³-hybridized carbons (Fsp3) is 0.357. The van der Waals surface area contributed by atoms with Gasteiger partial charge in [0.25, 0.3) is 0 Å². The molecular weight excluding hydrogens is 546 g/mol. The minimum absolute atomic E-state index is 0.0343. The predicted molar refractivity (Wildman–Crippen MR) is 137 cm³/mol. The van der Waals surface area contributed by atoms with Crippen molar-refractivity contribution in [2.75, 3.05) is 5.73 Å². The van der Waals surface area contributed by atoms with Crippen LogP contribution >= 0.6 is 11.6 Å². The lowest BCUT2D eigenvalue weighted by Gasteiger charge is -2.26. The molecule has 0 aromatic heterocycles. The minimum atomic E-state index is -5.00. The van der Waals surface area contributed by atoms with E-state index in [1.165, 1.54) is 4.90 Å². The summed E-state index contributed by atoms with van der Waals surface area (Å²) in [5, 5.41) is 11.2. The van der Waals surface area contributed by atoms with E-state index in [0.29, 0.717) is 28.4 Å². The van der Waals surface area contributed by atoms with E-state index in [-0.39, 0.29) is 24.1 Å². The van der Waals surface area contributed by atoms with Gasteiger partial charge in [0, 0.05) is 28.9 Å². The van der Waals surface area contributed by atoms with Crippen LogP contribution in [0, 0.1) is 0 Å². The molecule has 0 spiro atoms. The smallest absolute Gasteiger partial charge is 0.399 e. The fourth-order valence-electron chi connectivity index (χ4n) is 4.73. The molecule has 210 valence electrons. The maximum atomic E-state index is 13.4. The van der Waals surface area contributed by atoms with E-state index in [4.69, 9.17) is 22.1 Å². The van der Waals surface area contributed by atoms with Crippen LogP contribution in [0.15, 0.2) is 54.6 Å². The molecule has 0 aliphatic carbocycles. The summed E-state index contributed by atoms with van der Waals surface area (Å²) in [7, 11) is 0. The van der Waals surface area contributed by atoms with Gasteiger partial charge >= 0.3 is 12.4 Å². The van der Waals surface area contributed by atoms with Crippen molar-refractivity contribution >= 4 is 17.3 Å². The summed E-state index contributed by atoms with van der Waals surface area (Å²) in [6.07, 6.45) is -12.9. The number of rotatable bonds is 5. The maximum absolute atomic E-state index is 13.4. The van der Waals surface area contributed by atoms with Crippen LogP contribution in [-0.2, 0) is 23.6 Å². The highest BCUT2D eigenvalue weighted by molar-refractivity contribution is 6.33. The van der Waals surface area contributed by atoms with Crippen molar-refractivity contribution in [1.29, 1.82) is 0 Å². The molecule has 3 atom stereocenters. The van der Waals surface area contributed by atoms with Gasteiger partial charge in [-0.05, 0) is 77.6 Å². The van der Waals surface area contributed by atoms with E-state index in [1.807, 2.05) is 26.0 Å². The van der Waals surface area contributed by atoms with Crippen LogP contribution in [0.5, 0.6) is 0 Å². The van der Waals surface area contributed by atoms with Crippen molar-refractivity contribution in [1.82, 2.24) is 4.90 Å². The number of alkyl halides is 6. The minimum Gasteiger partial charge on any atom is -0.399 e. The maximum Gasteiger partial charge on any atom is 0.416 e. The number of anilines is 1. The normalized spacial score (nSPS) is 20.7. The number of benzene rings is 3. The van der Waals surface area contributed by atoms with Crippen LogP contribution in [0.25, 0.3) is 11.1 Å². The SMILES string of the molecule is CC(C)c1ccc(Cl)c(-c2ccc(N)cc2CN2C(O)O[C@H](c3cc(C(F)(F)F)cc(C(F)(F)F)c3)C2C)c1. The Morgan fingerprint density at radius 3 is 2.10 bits per heavy atom. The number of nitrogen functional groups attached to an aromatic ring is 1. The van der Waals surface area contributed by atoms with Crippen molar-refractivity contribution in [3.63, 3.8) is 0 Å². The van der Waals surface area contributed by atoms with E-state index in [0.717, 1.165) is 16.7 Å². The van der Waals surface area contributed by atoms with Gasteiger partial charge in [0.1, 0.15) is 6.10 Å². The first kappa shape index (κ1) is 29.2. The lowest BCUT2D eigenvalue weighted by Crippen LogP contribution is -2.35. The standard InChI is InChI=1S/C28H27ClF6N2O2/c1-14(2)16-4-7-24(29)23(11-16)22-6-5-21(36)10-18(22)13-37-15(3)25(39-26(37)38)17-8-19(27(30,31)32)12-20(9-17)28(33,34)35/h4-12,14-15,25-26,38H,13,36H2,1-3H3/t15?,25-,26?/m0/s1. The molecule has 0 radical (unpaired) electrons. The summed E-state index contributed by atoms with van der Waals surface area (Å²) in [5.41, 5.74) is 6.36. The highest BCUT2D eigenvalue weighted by Crippen LogP contribution is 2.42. The summed E-state index contributed by atoms with van der Waals surface area (Å²) in [5.74, 6) is 0.224. The molecule has 2 unspecified atom stereocenters. The number of aliphatic hydroxyl groups excluding tert-OH is 1. The number of halogens is 7. The lowest BCUT2D eigenvalue weighted by atomic mass is 9.93. The second-order valence-electron chi connectivity index (χ2n) is 9.95. The van der Waals surface area contributed by atoms with Crippen LogP contribution in [0.2, 0.25) is 5.02 Å². The van der Waals surface area contributed by atoms with E-state index >= 15 is 0 Å². The van der Waals surface area contributed by atoms with Crippen molar-refractivity contribution in [2.24, 2.45) is 0 Å². The Hall–Kier alpha value is -2.79. The number of nitrogens with two attached hydrogens (primary N) is 1. The Bertz CT molecular complexity index is 1330. The zero-order chi connectivity index (χ0) is 28.9. The number of hydrogen-bond acceptors (Lipinski definition) is 4. The Morgan fingerprint density at radius 1 is 0.923 bits per heavy atom.